The fourth-order valence-corrected chi connectivity index (χ4v) is 6.64. The maximum atomic E-state index is 13.2. The number of benzene rings is 2. The Kier molecular flexibility index (Phi) is 5.65. The Morgan fingerprint density at radius 3 is 2.44 bits per heavy atom. The molecule has 178 valence electrons. The normalized spacial score (nSPS) is 19.8. The summed E-state index contributed by atoms with van der Waals surface area (Å²) in [7, 11) is -3.75. The van der Waals surface area contributed by atoms with Crippen molar-refractivity contribution in [2.45, 2.75) is 25.2 Å². The Hall–Kier alpha value is -3.24. The number of aromatic nitrogens is 1. The number of aryl methyl sites for hydroxylation is 2. The fraction of sp³-hybridized carbons (Fsp3) is 0.375. The van der Waals surface area contributed by atoms with Crippen LogP contribution in [0, 0.1) is 19.8 Å². The lowest BCUT2D eigenvalue weighted by atomic mass is 10.1. The van der Waals surface area contributed by atoms with Crippen LogP contribution in [-0.2, 0) is 19.6 Å². The molecule has 0 aliphatic carbocycles. The Morgan fingerprint density at radius 2 is 1.74 bits per heavy atom. The van der Waals surface area contributed by atoms with E-state index in [2.05, 4.69) is 5.16 Å². The SMILES string of the molecule is Cc1noc(C)c1S(=O)(=O)N1CCN(C(=O)[C@@H]2CC(=O)N(c3cccc4ccccc34)C2)CC1. The fourth-order valence-electron chi connectivity index (χ4n) is 4.93. The lowest BCUT2D eigenvalue weighted by Crippen LogP contribution is -2.52. The van der Waals surface area contributed by atoms with Crippen molar-refractivity contribution >= 4 is 38.3 Å². The monoisotopic (exact) mass is 482 g/mol. The third-order valence-corrected chi connectivity index (χ3v) is 8.79. The van der Waals surface area contributed by atoms with Crippen LogP contribution in [0.1, 0.15) is 17.9 Å². The highest BCUT2D eigenvalue weighted by Gasteiger charge is 2.40. The first-order chi connectivity index (χ1) is 16.3. The van der Waals surface area contributed by atoms with Crippen LogP contribution in [0.2, 0.25) is 0 Å². The highest BCUT2D eigenvalue weighted by atomic mass is 32.2. The van der Waals surface area contributed by atoms with E-state index in [0.29, 0.717) is 12.2 Å². The quantitative estimate of drug-likeness (QED) is 0.565. The Labute approximate surface area is 198 Å². The van der Waals surface area contributed by atoms with Gasteiger partial charge in [-0.15, -0.1) is 0 Å². The van der Waals surface area contributed by atoms with Crippen LogP contribution in [0.3, 0.4) is 0 Å². The van der Waals surface area contributed by atoms with E-state index in [1.807, 2.05) is 42.5 Å². The summed E-state index contributed by atoms with van der Waals surface area (Å²) < 4.78 is 32.5. The van der Waals surface area contributed by atoms with E-state index in [9.17, 15) is 18.0 Å². The van der Waals surface area contributed by atoms with Crippen LogP contribution in [0.4, 0.5) is 5.69 Å². The van der Waals surface area contributed by atoms with Crippen molar-refractivity contribution in [1.29, 1.82) is 0 Å². The minimum Gasteiger partial charge on any atom is -0.360 e. The molecule has 0 unspecified atom stereocenters. The summed E-state index contributed by atoms with van der Waals surface area (Å²) in [6, 6.07) is 13.7. The number of carbonyl (C=O) groups excluding carboxylic acids is 2. The molecule has 2 fully saturated rings. The Bertz CT molecular complexity index is 1350. The molecule has 2 saturated heterocycles. The number of rotatable bonds is 4. The molecule has 0 spiro atoms. The van der Waals surface area contributed by atoms with E-state index in [-0.39, 0.29) is 55.1 Å². The number of hydrogen-bond acceptors (Lipinski definition) is 6. The lowest BCUT2D eigenvalue weighted by Gasteiger charge is -2.35. The first kappa shape index (κ1) is 22.5. The van der Waals surface area contributed by atoms with E-state index in [1.54, 1.807) is 23.6 Å². The zero-order chi connectivity index (χ0) is 24.0. The van der Waals surface area contributed by atoms with Gasteiger partial charge in [0.25, 0.3) is 0 Å². The molecule has 0 N–H and O–H groups in total. The number of amides is 2. The van der Waals surface area contributed by atoms with Gasteiger partial charge in [-0.25, -0.2) is 8.42 Å². The average molecular weight is 483 g/mol. The summed E-state index contributed by atoms with van der Waals surface area (Å²) in [5.74, 6) is -0.369. The van der Waals surface area contributed by atoms with Gasteiger partial charge >= 0.3 is 0 Å². The smallest absolute Gasteiger partial charge is 0.248 e. The highest BCUT2D eigenvalue weighted by Crippen LogP contribution is 2.32. The van der Waals surface area contributed by atoms with Crippen molar-refractivity contribution in [2.75, 3.05) is 37.6 Å². The molecular weight excluding hydrogens is 456 g/mol. The predicted molar refractivity (Wildman–Crippen MR) is 126 cm³/mol. The van der Waals surface area contributed by atoms with Crippen molar-refractivity contribution in [3.8, 4) is 0 Å². The molecule has 34 heavy (non-hydrogen) atoms. The van der Waals surface area contributed by atoms with Crippen molar-refractivity contribution < 1.29 is 22.5 Å². The zero-order valence-electron chi connectivity index (χ0n) is 19.1. The predicted octanol–water partition coefficient (Wildman–Crippen LogP) is 2.33. The van der Waals surface area contributed by atoms with Gasteiger partial charge in [-0.1, -0.05) is 41.6 Å². The highest BCUT2D eigenvalue weighted by molar-refractivity contribution is 7.89. The van der Waals surface area contributed by atoms with Gasteiger partial charge in [0.1, 0.15) is 10.6 Å². The van der Waals surface area contributed by atoms with Gasteiger partial charge in [0, 0.05) is 44.5 Å². The van der Waals surface area contributed by atoms with Gasteiger partial charge in [-0.05, 0) is 25.3 Å². The number of hydrogen-bond donors (Lipinski definition) is 0. The molecule has 0 radical (unpaired) electrons. The molecule has 9 nitrogen and oxygen atoms in total. The minimum absolute atomic E-state index is 0.0747. The summed E-state index contributed by atoms with van der Waals surface area (Å²) in [5.41, 5.74) is 1.14. The van der Waals surface area contributed by atoms with Gasteiger partial charge in [0.2, 0.25) is 21.8 Å². The van der Waals surface area contributed by atoms with Crippen molar-refractivity contribution in [1.82, 2.24) is 14.4 Å². The molecule has 10 heteroatoms. The van der Waals surface area contributed by atoms with Gasteiger partial charge in [-0.2, -0.15) is 4.31 Å². The van der Waals surface area contributed by atoms with Gasteiger partial charge in [0.05, 0.1) is 11.6 Å². The summed E-state index contributed by atoms with van der Waals surface area (Å²) in [6.45, 7) is 4.43. The second-order valence-corrected chi connectivity index (χ2v) is 10.7. The molecule has 0 bridgehead atoms. The van der Waals surface area contributed by atoms with Crippen LogP contribution in [-0.4, -0.2) is 67.3 Å². The van der Waals surface area contributed by atoms with Crippen molar-refractivity contribution in [3.05, 3.63) is 53.9 Å². The topological polar surface area (TPSA) is 104 Å². The third-order valence-electron chi connectivity index (χ3n) is 6.65. The molecule has 2 amide bonds. The maximum Gasteiger partial charge on any atom is 0.248 e. The summed E-state index contributed by atoms with van der Waals surface area (Å²) >= 11 is 0. The van der Waals surface area contributed by atoms with Gasteiger partial charge in [-0.3, -0.25) is 9.59 Å². The molecule has 5 rings (SSSR count). The third kappa shape index (κ3) is 3.76. The number of fused-ring (bicyclic) bond motifs is 1. The van der Waals surface area contributed by atoms with Crippen LogP contribution < -0.4 is 4.90 Å². The average Bonchev–Trinajstić information content (AvgIpc) is 3.39. The molecule has 1 atom stereocenters. The second kappa shape index (κ2) is 8.52. The summed E-state index contributed by atoms with van der Waals surface area (Å²) in [6.07, 6.45) is 0.152. The van der Waals surface area contributed by atoms with Gasteiger partial charge in [0.15, 0.2) is 5.76 Å². The Balaban J connectivity index is 1.27. The summed E-state index contributed by atoms with van der Waals surface area (Å²) in [5, 5.41) is 5.77. The molecule has 1 aromatic heterocycles. The van der Waals surface area contributed by atoms with Crippen LogP contribution >= 0.6 is 0 Å². The molecule has 0 saturated carbocycles. The van der Waals surface area contributed by atoms with Gasteiger partial charge < -0.3 is 14.3 Å². The first-order valence-corrected chi connectivity index (χ1v) is 12.7. The number of nitrogens with zero attached hydrogens (tertiary/aromatic N) is 4. The van der Waals surface area contributed by atoms with E-state index in [0.717, 1.165) is 16.5 Å². The van der Waals surface area contributed by atoms with E-state index < -0.39 is 15.9 Å². The van der Waals surface area contributed by atoms with E-state index >= 15 is 0 Å². The van der Waals surface area contributed by atoms with Crippen LogP contribution in [0.25, 0.3) is 10.8 Å². The number of piperazine rings is 1. The lowest BCUT2D eigenvalue weighted by molar-refractivity contribution is -0.136. The molecule has 2 aromatic carbocycles. The Morgan fingerprint density at radius 1 is 1.03 bits per heavy atom. The number of anilines is 1. The molecule has 2 aliphatic heterocycles. The number of carbonyl (C=O) groups is 2. The van der Waals surface area contributed by atoms with Crippen molar-refractivity contribution in [3.63, 3.8) is 0 Å². The van der Waals surface area contributed by atoms with Crippen LogP contribution in [0.15, 0.2) is 51.9 Å². The molecular formula is C24H26N4O5S. The summed E-state index contributed by atoms with van der Waals surface area (Å²) in [4.78, 5) is 29.5. The first-order valence-electron chi connectivity index (χ1n) is 11.3. The van der Waals surface area contributed by atoms with E-state index in [1.165, 1.54) is 4.31 Å². The van der Waals surface area contributed by atoms with E-state index in [4.69, 9.17) is 4.52 Å². The molecule has 2 aliphatic rings. The molecule has 3 aromatic rings. The maximum absolute atomic E-state index is 13.2. The minimum atomic E-state index is -3.75. The number of sulfonamides is 1. The van der Waals surface area contributed by atoms with Crippen LogP contribution in [0.5, 0.6) is 0 Å². The standard InChI is InChI=1S/C24H26N4O5S/c1-16-23(17(2)33-25-16)34(31,32)27-12-10-26(11-13-27)24(30)19-14-22(29)28(15-19)21-9-5-7-18-6-3-4-8-20(18)21/h3-9,19H,10-15H2,1-2H3/t19-/m1/s1. The largest absolute Gasteiger partial charge is 0.360 e. The zero-order valence-corrected chi connectivity index (χ0v) is 19.9. The molecule has 3 heterocycles. The second-order valence-electron chi connectivity index (χ2n) is 8.79. The van der Waals surface area contributed by atoms with Crippen molar-refractivity contribution in [2.24, 2.45) is 5.92 Å².